The zero-order valence-electron chi connectivity index (χ0n) is 11.7. The van der Waals surface area contributed by atoms with E-state index in [0.29, 0.717) is 13.2 Å². The van der Waals surface area contributed by atoms with Crippen LogP contribution in [-0.4, -0.2) is 51.2 Å². The van der Waals surface area contributed by atoms with E-state index in [2.05, 4.69) is 6.58 Å². The molecule has 3 unspecified atom stereocenters. The Morgan fingerprint density at radius 3 is 2.06 bits per heavy atom. The monoisotopic (exact) mass is 260 g/mol. The van der Waals surface area contributed by atoms with Crippen molar-refractivity contribution in [1.82, 2.24) is 0 Å². The van der Waals surface area contributed by atoms with E-state index in [1.54, 1.807) is 7.11 Å². The van der Waals surface area contributed by atoms with Crippen LogP contribution in [0, 0.1) is 0 Å². The molecule has 0 N–H and O–H groups in total. The number of ether oxygens (including phenoxy) is 4. The highest BCUT2D eigenvalue weighted by atomic mass is 16.6. The highest BCUT2D eigenvalue weighted by molar-refractivity contribution is 5.81. The van der Waals surface area contributed by atoms with Crippen LogP contribution in [0.15, 0.2) is 12.7 Å². The Labute approximate surface area is 109 Å². The Hall–Kier alpha value is -0.910. The summed E-state index contributed by atoms with van der Waals surface area (Å²) >= 11 is 0. The number of rotatable bonds is 10. The second kappa shape index (κ2) is 10.1. The van der Waals surface area contributed by atoms with Crippen molar-refractivity contribution >= 4 is 5.97 Å². The van der Waals surface area contributed by atoms with Crippen LogP contribution >= 0.6 is 0 Å². The van der Waals surface area contributed by atoms with Gasteiger partial charge in [0.1, 0.15) is 6.61 Å². The van der Waals surface area contributed by atoms with Crippen LogP contribution in [-0.2, 0) is 23.7 Å². The van der Waals surface area contributed by atoms with Crippen LogP contribution in [0.4, 0.5) is 0 Å². The van der Waals surface area contributed by atoms with Crippen LogP contribution in [0.2, 0.25) is 0 Å². The number of methoxy groups -OCH3 is 1. The van der Waals surface area contributed by atoms with Gasteiger partial charge in [0.15, 0.2) is 0 Å². The predicted octanol–water partition coefficient (Wildman–Crippen LogP) is 1.56. The Kier molecular flexibility index (Phi) is 9.55. The lowest BCUT2D eigenvalue weighted by Gasteiger charge is -2.19. The standard InChI is InChI=1S/C13H24O5/c1-6-13(14)18-9-12(4)17-8-11(3)16-7-10(2)15-5/h6,10-12H,1,7-9H2,2-5H3. The second-order valence-electron chi connectivity index (χ2n) is 4.17. The molecular weight excluding hydrogens is 236 g/mol. The lowest BCUT2D eigenvalue weighted by molar-refractivity contribution is -0.142. The lowest BCUT2D eigenvalue weighted by Crippen LogP contribution is -2.26. The fourth-order valence-corrected chi connectivity index (χ4v) is 1.02. The third kappa shape index (κ3) is 9.15. The quantitative estimate of drug-likeness (QED) is 0.441. The van der Waals surface area contributed by atoms with Crippen molar-refractivity contribution in [2.24, 2.45) is 0 Å². The molecule has 0 rings (SSSR count). The van der Waals surface area contributed by atoms with Gasteiger partial charge in [-0.2, -0.15) is 0 Å². The van der Waals surface area contributed by atoms with Crippen molar-refractivity contribution < 1.29 is 23.7 Å². The minimum atomic E-state index is -0.441. The molecule has 0 aromatic rings. The topological polar surface area (TPSA) is 54.0 Å². The first-order valence-corrected chi connectivity index (χ1v) is 6.04. The predicted molar refractivity (Wildman–Crippen MR) is 68.5 cm³/mol. The first-order valence-electron chi connectivity index (χ1n) is 6.04. The average Bonchev–Trinajstić information content (AvgIpc) is 2.39. The van der Waals surface area contributed by atoms with Crippen molar-refractivity contribution in [3.8, 4) is 0 Å². The van der Waals surface area contributed by atoms with Gasteiger partial charge >= 0.3 is 5.97 Å². The molecule has 0 radical (unpaired) electrons. The summed E-state index contributed by atoms with van der Waals surface area (Å²) in [5, 5.41) is 0. The Balaban J connectivity index is 3.61. The van der Waals surface area contributed by atoms with Gasteiger partial charge in [-0.05, 0) is 20.8 Å². The summed E-state index contributed by atoms with van der Waals surface area (Å²) in [6.45, 7) is 10.2. The zero-order chi connectivity index (χ0) is 14.0. The van der Waals surface area contributed by atoms with Crippen LogP contribution in [0.3, 0.4) is 0 Å². The Morgan fingerprint density at radius 1 is 1.06 bits per heavy atom. The molecule has 0 aromatic heterocycles. The molecule has 5 nitrogen and oxygen atoms in total. The number of carbonyl (C=O) groups is 1. The number of esters is 1. The lowest BCUT2D eigenvalue weighted by atomic mass is 10.4. The highest BCUT2D eigenvalue weighted by Crippen LogP contribution is 2.00. The summed E-state index contributed by atoms with van der Waals surface area (Å²) in [7, 11) is 1.64. The minimum Gasteiger partial charge on any atom is -0.460 e. The maximum atomic E-state index is 10.8. The molecule has 0 aliphatic rings. The van der Waals surface area contributed by atoms with Crippen molar-refractivity contribution in [3.05, 3.63) is 12.7 Å². The van der Waals surface area contributed by atoms with Gasteiger partial charge in [-0.3, -0.25) is 0 Å². The van der Waals surface area contributed by atoms with Crippen molar-refractivity contribution in [1.29, 1.82) is 0 Å². The van der Waals surface area contributed by atoms with Crippen molar-refractivity contribution in [2.75, 3.05) is 26.9 Å². The molecule has 0 spiro atoms. The molecule has 0 bridgehead atoms. The molecule has 5 heteroatoms. The van der Waals surface area contributed by atoms with Crippen LogP contribution in [0.25, 0.3) is 0 Å². The summed E-state index contributed by atoms with van der Waals surface area (Å²) in [5.74, 6) is -0.441. The van der Waals surface area contributed by atoms with Gasteiger partial charge in [-0.15, -0.1) is 0 Å². The molecule has 18 heavy (non-hydrogen) atoms. The molecule has 0 aliphatic carbocycles. The van der Waals surface area contributed by atoms with E-state index in [9.17, 15) is 4.79 Å². The second-order valence-corrected chi connectivity index (χ2v) is 4.17. The molecule has 3 atom stereocenters. The van der Waals surface area contributed by atoms with Gasteiger partial charge < -0.3 is 18.9 Å². The van der Waals surface area contributed by atoms with Gasteiger partial charge in [-0.25, -0.2) is 4.79 Å². The smallest absolute Gasteiger partial charge is 0.330 e. The molecule has 0 aromatic carbocycles. The van der Waals surface area contributed by atoms with Crippen molar-refractivity contribution in [2.45, 2.75) is 39.1 Å². The summed E-state index contributed by atoms with van der Waals surface area (Å²) in [4.78, 5) is 10.8. The van der Waals surface area contributed by atoms with E-state index in [4.69, 9.17) is 18.9 Å². The molecule has 106 valence electrons. The van der Waals surface area contributed by atoms with E-state index in [1.165, 1.54) is 0 Å². The van der Waals surface area contributed by atoms with Crippen LogP contribution in [0.5, 0.6) is 0 Å². The third-order valence-corrected chi connectivity index (χ3v) is 2.26. The molecule has 0 saturated carbocycles. The molecular formula is C13H24O5. The fourth-order valence-electron chi connectivity index (χ4n) is 1.02. The number of hydrogen-bond acceptors (Lipinski definition) is 5. The SMILES string of the molecule is C=CC(=O)OCC(C)OCC(C)OCC(C)OC. The van der Waals surface area contributed by atoms with Gasteiger partial charge in [0, 0.05) is 13.2 Å². The summed E-state index contributed by atoms with van der Waals surface area (Å²) < 4.78 is 20.9. The average molecular weight is 260 g/mol. The highest BCUT2D eigenvalue weighted by Gasteiger charge is 2.10. The normalized spacial score (nSPS) is 15.8. The number of hydrogen-bond donors (Lipinski definition) is 0. The molecule has 0 saturated heterocycles. The summed E-state index contributed by atoms with van der Waals surface area (Å²) in [6, 6.07) is 0. The van der Waals surface area contributed by atoms with E-state index in [1.807, 2.05) is 20.8 Å². The first kappa shape index (κ1) is 17.1. The van der Waals surface area contributed by atoms with Gasteiger partial charge in [-0.1, -0.05) is 6.58 Å². The van der Waals surface area contributed by atoms with Gasteiger partial charge in [0.2, 0.25) is 0 Å². The Bertz CT molecular complexity index is 242. The van der Waals surface area contributed by atoms with Crippen LogP contribution in [0.1, 0.15) is 20.8 Å². The molecule has 0 fully saturated rings. The molecule has 0 amide bonds. The van der Waals surface area contributed by atoms with Gasteiger partial charge in [0.25, 0.3) is 0 Å². The van der Waals surface area contributed by atoms with E-state index in [0.717, 1.165) is 6.08 Å². The van der Waals surface area contributed by atoms with Gasteiger partial charge in [0.05, 0.1) is 31.5 Å². The Morgan fingerprint density at radius 2 is 1.56 bits per heavy atom. The molecule has 0 aliphatic heterocycles. The van der Waals surface area contributed by atoms with E-state index in [-0.39, 0.29) is 24.9 Å². The summed E-state index contributed by atoms with van der Waals surface area (Å²) in [6.07, 6.45) is 1.00. The van der Waals surface area contributed by atoms with Crippen LogP contribution < -0.4 is 0 Å². The number of carbonyl (C=O) groups excluding carboxylic acids is 1. The largest absolute Gasteiger partial charge is 0.460 e. The van der Waals surface area contributed by atoms with Crippen molar-refractivity contribution in [3.63, 3.8) is 0 Å². The zero-order valence-corrected chi connectivity index (χ0v) is 11.7. The molecule has 0 heterocycles. The van der Waals surface area contributed by atoms with E-state index < -0.39 is 5.97 Å². The minimum absolute atomic E-state index is 0.0276. The van der Waals surface area contributed by atoms with E-state index >= 15 is 0 Å². The third-order valence-electron chi connectivity index (χ3n) is 2.26. The maximum Gasteiger partial charge on any atom is 0.330 e. The first-order chi connectivity index (χ1) is 8.49. The maximum absolute atomic E-state index is 10.8. The fraction of sp³-hybridized carbons (Fsp3) is 0.769. The summed E-state index contributed by atoms with van der Waals surface area (Å²) in [5.41, 5.74) is 0.